The van der Waals surface area contributed by atoms with E-state index in [1.54, 1.807) is 17.0 Å². The van der Waals surface area contributed by atoms with Gasteiger partial charge in [-0.05, 0) is 43.5 Å². The van der Waals surface area contributed by atoms with E-state index in [0.29, 0.717) is 5.02 Å². The van der Waals surface area contributed by atoms with Gasteiger partial charge in [0.05, 0.1) is 6.04 Å². The van der Waals surface area contributed by atoms with Crippen molar-refractivity contribution in [2.45, 2.75) is 25.3 Å². The SMILES string of the molecule is Cl.NC1CCCCN(c2ccc(Cl)cc2)C1=O. The van der Waals surface area contributed by atoms with E-state index in [1.165, 1.54) is 0 Å². The molecule has 5 heteroatoms. The average molecular weight is 275 g/mol. The molecular weight excluding hydrogens is 259 g/mol. The molecule has 2 rings (SSSR count). The molecular formula is C12H16Cl2N2O. The van der Waals surface area contributed by atoms with Crippen molar-refractivity contribution in [2.24, 2.45) is 5.73 Å². The summed E-state index contributed by atoms with van der Waals surface area (Å²) >= 11 is 5.82. The average Bonchev–Trinajstić information content (AvgIpc) is 2.44. The van der Waals surface area contributed by atoms with E-state index in [9.17, 15) is 4.79 Å². The number of anilines is 1. The highest BCUT2D eigenvalue weighted by Gasteiger charge is 2.24. The highest BCUT2D eigenvalue weighted by molar-refractivity contribution is 6.30. The van der Waals surface area contributed by atoms with E-state index in [2.05, 4.69) is 0 Å². The first kappa shape index (κ1) is 14.3. The maximum absolute atomic E-state index is 12.0. The molecule has 1 saturated heterocycles. The van der Waals surface area contributed by atoms with E-state index in [-0.39, 0.29) is 24.4 Å². The van der Waals surface area contributed by atoms with Gasteiger partial charge in [0.25, 0.3) is 0 Å². The summed E-state index contributed by atoms with van der Waals surface area (Å²) < 4.78 is 0. The van der Waals surface area contributed by atoms with Crippen molar-refractivity contribution in [1.82, 2.24) is 0 Å². The van der Waals surface area contributed by atoms with Crippen molar-refractivity contribution in [3.63, 3.8) is 0 Å². The Kier molecular flexibility index (Phi) is 5.25. The number of amides is 1. The third-order valence-electron chi connectivity index (χ3n) is 2.87. The van der Waals surface area contributed by atoms with Crippen LogP contribution in [-0.2, 0) is 4.79 Å². The molecule has 1 heterocycles. The van der Waals surface area contributed by atoms with Crippen LogP contribution in [0, 0.1) is 0 Å². The number of carbonyl (C=O) groups is 1. The van der Waals surface area contributed by atoms with E-state index in [4.69, 9.17) is 17.3 Å². The fourth-order valence-electron chi connectivity index (χ4n) is 1.95. The van der Waals surface area contributed by atoms with Gasteiger partial charge in [-0.2, -0.15) is 0 Å². The van der Waals surface area contributed by atoms with Gasteiger partial charge in [0, 0.05) is 17.3 Å². The molecule has 0 radical (unpaired) electrons. The predicted octanol–water partition coefficient (Wildman–Crippen LogP) is 2.61. The molecule has 1 unspecified atom stereocenters. The van der Waals surface area contributed by atoms with Gasteiger partial charge in [-0.3, -0.25) is 4.79 Å². The summed E-state index contributed by atoms with van der Waals surface area (Å²) in [5.41, 5.74) is 6.70. The lowest BCUT2D eigenvalue weighted by Crippen LogP contribution is -2.42. The third-order valence-corrected chi connectivity index (χ3v) is 3.12. The fourth-order valence-corrected chi connectivity index (χ4v) is 2.07. The highest BCUT2D eigenvalue weighted by Crippen LogP contribution is 2.21. The lowest BCUT2D eigenvalue weighted by atomic mass is 10.1. The number of halogens is 2. The molecule has 17 heavy (non-hydrogen) atoms. The molecule has 1 amide bonds. The van der Waals surface area contributed by atoms with Crippen LogP contribution in [0.25, 0.3) is 0 Å². The Labute approximate surface area is 112 Å². The van der Waals surface area contributed by atoms with Gasteiger partial charge in [0.15, 0.2) is 0 Å². The van der Waals surface area contributed by atoms with Gasteiger partial charge in [-0.25, -0.2) is 0 Å². The van der Waals surface area contributed by atoms with Crippen LogP contribution >= 0.6 is 24.0 Å². The largest absolute Gasteiger partial charge is 0.320 e. The molecule has 0 aromatic heterocycles. The number of nitrogens with two attached hydrogens (primary N) is 1. The Balaban J connectivity index is 0.00000144. The first-order valence-corrected chi connectivity index (χ1v) is 5.89. The molecule has 0 spiro atoms. The Morgan fingerprint density at radius 2 is 1.88 bits per heavy atom. The molecule has 1 atom stereocenters. The standard InChI is InChI=1S/C12H15ClN2O.ClH/c13-9-4-6-10(7-5-9)15-8-2-1-3-11(14)12(15)16;/h4-7,11H,1-3,8,14H2;1H. The van der Waals surface area contributed by atoms with Crippen LogP contribution < -0.4 is 10.6 Å². The van der Waals surface area contributed by atoms with Crippen LogP contribution in [0.2, 0.25) is 5.02 Å². The number of nitrogens with zero attached hydrogens (tertiary/aromatic N) is 1. The van der Waals surface area contributed by atoms with Crippen molar-refractivity contribution >= 4 is 35.6 Å². The second-order valence-electron chi connectivity index (χ2n) is 4.07. The van der Waals surface area contributed by atoms with Gasteiger partial charge in [-0.15, -0.1) is 12.4 Å². The van der Waals surface area contributed by atoms with Crippen LogP contribution in [0.15, 0.2) is 24.3 Å². The Morgan fingerprint density at radius 1 is 1.24 bits per heavy atom. The summed E-state index contributed by atoms with van der Waals surface area (Å²) in [6.07, 6.45) is 2.79. The molecule has 1 aromatic rings. The number of benzene rings is 1. The van der Waals surface area contributed by atoms with Crippen molar-refractivity contribution in [1.29, 1.82) is 0 Å². The number of carbonyl (C=O) groups excluding carboxylic acids is 1. The van der Waals surface area contributed by atoms with Crippen molar-refractivity contribution in [2.75, 3.05) is 11.4 Å². The molecule has 1 aliphatic rings. The Hall–Kier alpha value is -0.770. The van der Waals surface area contributed by atoms with Gasteiger partial charge < -0.3 is 10.6 Å². The van der Waals surface area contributed by atoms with Crippen molar-refractivity contribution in [3.8, 4) is 0 Å². The summed E-state index contributed by atoms with van der Waals surface area (Å²) in [6.45, 7) is 0.744. The van der Waals surface area contributed by atoms with E-state index in [1.807, 2.05) is 12.1 Å². The number of hydrogen-bond donors (Lipinski definition) is 1. The van der Waals surface area contributed by atoms with Crippen LogP contribution in [-0.4, -0.2) is 18.5 Å². The Bertz CT molecular complexity index is 381. The van der Waals surface area contributed by atoms with Gasteiger partial charge in [-0.1, -0.05) is 11.6 Å². The van der Waals surface area contributed by atoms with Crippen LogP contribution in [0.4, 0.5) is 5.69 Å². The van der Waals surface area contributed by atoms with Crippen LogP contribution in [0.3, 0.4) is 0 Å². The molecule has 2 N–H and O–H groups in total. The molecule has 0 saturated carbocycles. The predicted molar refractivity (Wildman–Crippen MR) is 72.9 cm³/mol. The molecule has 94 valence electrons. The zero-order valence-electron chi connectivity index (χ0n) is 9.43. The summed E-state index contributed by atoms with van der Waals surface area (Å²) in [7, 11) is 0. The fraction of sp³-hybridized carbons (Fsp3) is 0.417. The van der Waals surface area contributed by atoms with E-state index in [0.717, 1.165) is 31.5 Å². The quantitative estimate of drug-likeness (QED) is 0.856. The van der Waals surface area contributed by atoms with Gasteiger partial charge >= 0.3 is 0 Å². The molecule has 1 aliphatic heterocycles. The number of rotatable bonds is 1. The molecule has 0 bridgehead atoms. The molecule has 1 fully saturated rings. The monoisotopic (exact) mass is 274 g/mol. The van der Waals surface area contributed by atoms with E-state index < -0.39 is 0 Å². The highest BCUT2D eigenvalue weighted by atomic mass is 35.5. The zero-order valence-corrected chi connectivity index (χ0v) is 11.0. The molecule has 3 nitrogen and oxygen atoms in total. The lowest BCUT2D eigenvalue weighted by molar-refractivity contribution is -0.119. The summed E-state index contributed by atoms with van der Waals surface area (Å²) in [5.74, 6) is 0.0137. The maximum Gasteiger partial charge on any atom is 0.243 e. The Morgan fingerprint density at radius 3 is 2.53 bits per heavy atom. The minimum Gasteiger partial charge on any atom is -0.320 e. The normalized spacial score (nSPS) is 20.7. The smallest absolute Gasteiger partial charge is 0.243 e. The van der Waals surface area contributed by atoms with Crippen LogP contribution in [0.5, 0.6) is 0 Å². The van der Waals surface area contributed by atoms with Crippen molar-refractivity contribution in [3.05, 3.63) is 29.3 Å². The number of hydrogen-bond acceptors (Lipinski definition) is 2. The maximum atomic E-state index is 12.0. The molecule has 1 aromatic carbocycles. The van der Waals surface area contributed by atoms with Gasteiger partial charge in [0.2, 0.25) is 5.91 Å². The zero-order chi connectivity index (χ0) is 11.5. The van der Waals surface area contributed by atoms with Crippen molar-refractivity contribution < 1.29 is 4.79 Å². The summed E-state index contributed by atoms with van der Waals surface area (Å²) in [4.78, 5) is 13.8. The summed E-state index contributed by atoms with van der Waals surface area (Å²) in [6, 6.07) is 6.94. The summed E-state index contributed by atoms with van der Waals surface area (Å²) in [5, 5.41) is 0.676. The second kappa shape index (κ2) is 6.24. The first-order chi connectivity index (χ1) is 7.68. The van der Waals surface area contributed by atoms with E-state index >= 15 is 0 Å². The topological polar surface area (TPSA) is 46.3 Å². The lowest BCUT2D eigenvalue weighted by Gasteiger charge is -2.22. The first-order valence-electron chi connectivity index (χ1n) is 5.51. The minimum atomic E-state index is -0.363. The molecule has 0 aliphatic carbocycles. The van der Waals surface area contributed by atoms with Crippen LogP contribution in [0.1, 0.15) is 19.3 Å². The minimum absolute atomic E-state index is 0. The van der Waals surface area contributed by atoms with Gasteiger partial charge in [0.1, 0.15) is 0 Å². The second-order valence-corrected chi connectivity index (χ2v) is 4.51. The third kappa shape index (κ3) is 3.35.